The van der Waals surface area contributed by atoms with Crippen LogP contribution in [0.2, 0.25) is 0 Å². The second-order valence-corrected chi connectivity index (χ2v) is 12.5. The first-order chi connectivity index (χ1) is 21.8. The molecule has 1 aliphatic heterocycles. The molecular formula is C41H28N2S. The number of hydrogen-bond acceptors (Lipinski definition) is 2. The fourth-order valence-electron chi connectivity index (χ4n) is 7.01. The maximum absolute atomic E-state index is 5.03. The van der Waals surface area contributed by atoms with E-state index < -0.39 is 0 Å². The molecule has 2 nitrogen and oxygen atoms in total. The molecule has 7 aromatic carbocycles. The number of para-hydroxylation sites is 1. The van der Waals surface area contributed by atoms with Crippen LogP contribution in [0.1, 0.15) is 12.7 Å². The number of aromatic nitrogens is 2. The Morgan fingerprint density at radius 2 is 1.11 bits per heavy atom. The number of hydrogen-bond donors (Lipinski definition) is 0. The Morgan fingerprint density at radius 3 is 1.80 bits per heavy atom. The number of fused-ring (bicyclic) bond motifs is 4. The number of benzene rings is 7. The smallest absolute Gasteiger partial charge is 0.114 e. The Kier molecular flexibility index (Phi) is 5.75. The van der Waals surface area contributed by atoms with E-state index >= 15 is 0 Å². The van der Waals surface area contributed by atoms with E-state index in [9.17, 15) is 0 Å². The molecule has 44 heavy (non-hydrogen) atoms. The second-order valence-electron chi connectivity index (χ2n) is 11.4. The molecule has 0 amide bonds. The van der Waals surface area contributed by atoms with Crippen molar-refractivity contribution in [1.82, 2.24) is 9.55 Å². The van der Waals surface area contributed by atoms with Crippen molar-refractivity contribution < 1.29 is 0 Å². The van der Waals surface area contributed by atoms with Crippen molar-refractivity contribution in [3.63, 3.8) is 0 Å². The zero-order valence-corrected chi connectivity index (χ0v) is 25.1. The van der Waals surface area contributed by atoms with Gasteiger partial charge in [-0.3, -0.25) is 4.57 Å². The summed E-state index contributed by atoms with van der Waals surface area (Å²) in [5, 5.41) is 5.06. The van der Waals surface area contributed by atoms with Crippen molar-refractivity contribution in [2.45, 2.75) is 23.1 Å². The van der Waals surface area contributed by atoms with Gasteiger partial charge in [0.15, 0.2) is 0 Å². The third-order valence-electron chi connectivity index (χ3n) is 8.92. The number of imidazole rings is 1. The van der Waals surface area contributed by atoms with E-state index in [0.717, 1.165) is 17.8 Å². The summed E-state index contributed by atoms with van der Waals surface area (Å²) in [5.41, 5.74) is 11.0. The molecule has 1 aromatic heterocycles. The quantitative estimate of drug-likeness (QED) is 0.193. The van der Waals surface area contributed by atoms with Crippen LogP contribution in [-0.2, 0) is 6.42 Å². The van der Waals surface area contributed by atoms with Gasteiger partial charge in [-0.05, 0) is 85.3 Å². The summed E-state index contributed by atoms with van der Waals surface area (Å²) in [6.07, 6.45) is 0.880. The number of aryl methyl sites for hydroxylation is 1. The molecule has 0 saturated carbocycles. The van der Waals surface area contributed by atoms with Crippen LogP contribution in [0.25, 0.3) is 71.6 Å². The molecule has 3 heteroatoms. The average molecular weight is 581 g/mol. The van der Waals surface area contributed by atoms with Crippen LogP contribution in [0.15, 0.2) is 149 Å². The van der Waals surface area contributed by atoms with E-state index in [1.54, 1.807) is 0 Å². The minimum absolute atomic E-state index is 0.880. The van der Waals surface area contributed by atoms with Gasteiger partial charge in [0.05, 0.1) is 16.7 Å². The molecule has 0 unspecified atom stereocenters. The van der Waals surface area contributed by atoms with Crippen LogP contribution >= 0.6 is 11.8 Å². The highest BCUT2D eigenvalue weighted by Gasteiger charge is 2.24. The summed E-state index contributed by atoms with van der Waals surface area (Å²) in [7, 11) is 0. The lowest BCUT2D eigenvalue weighted by atomic mass is 9.85. The van der Waals surface area contributed by atoms with Crippen LogP contribution in [0, 0.1) is 0 Å². The first-order valence-corrected chi connectivity index (χ1v) is 16.0. The lowest BCUT2D eigenvalue weighted by Gasteiger charge is -2.22. The molecule has 8 aromatic rings. The summed E-state index contributed by atoms with van der Waals surface area (Å²) in [4.78, 5) is 7.57. The van der Waals surface area contributed by atoms with Gasteiger partial charge in [0.25, 0.3) is 0 Å². The van der Waals surface area contributed by atoms with Crippen LogP contribution in [0.4, 0.5) is 0 Å². The Morgan fingerprint density at radius 1 is 0.523 bits per heavy atom. The van der Waals surface area contributed by atoms with Crippen molar-refractivity contribution in [2.24, 2.45) is 0 Å². The van der Waals surface area contributed by atoms with E-state index in [-0.39, 0.29) is 0 Å². The fraction of sp³-hybridized carbons (Fsp3) is 0.0488. The van der Waals surface area contributed by atoms with E-state index in [1.807, 2.05) is 11.8 Å². The van der Waals surface area contributed by atoms with E-state index in [2.05, 4.69) is 151 Å². The van der Waals surface area contributed by atoms with Crippen molar-refractivity contribution in [3.8, 4) is 39.1 Å². The molecule has 0 bridgehead atoms. The molecule has 9 rings (SSSR count). The summed E-state index contributed by atoms with van der Waals surface area (Å²) in [6.45, 7) is 2.20. The van der Waals surface area contributed by atoms with Crippen molar-refractivity contribution in [3.05, 3.63) is 145 Å². The summed E-state index contributed by atoms with van der Waals surface area (Å²) < 4.78 is 2.40. The highest BCUT2D eigenvalue weighted by atomic mass is 32.2. The Hall–Kier alpha value is -5.12. The lowest BCUT2D eigenvalue weighted by molar-refractivity contribution is 0.888. The monoisotopic (exact) mass is 580 g/mol. The van der Waals surface area contributed by atoms with Crippen LogP contribution < -0.4 is 0 Å². The topological polar surface area (TPSA) is 17.8 Å². The van der Waals surface area contributed by atoms with Crippen LogP contribution in [0.5, 0.6) is 0 Å². The molecule has 0 saturated heterocycles. The maximum atomic E-state index is 5.03. The van der Waals surface area contributed by atoms with Crippen LogP contribution in [0.3, 0.4) is 0 Å². The molecule has 0 fully saturated rings. The number of nitrogens with zero attached hydrogens (tertiary/aromatic N) is 2. The van der Waals surface area contributed by atoms with Gasteiger partial charge in [-0.25, -0.2) is 4.98 Å². The third-order valence-corrected chi connectivity index (χ3v) is 10.0. The van der Waals surface area contributed by atoms with Crippen molar-refractivity contribution in [1.29, 1.82) is 0 Å². The van der Waals surface area contributed by atoms with Crippen molar-refractivity contribution >= 4 is 44.3 Å². The third kappa shape index (κ3) is 3.79. The highest BCUT2D eigenvalue weighted by Crippen LogP contribution is 2.48. The second kappa shape index (κ2) is 9.97. The molecule has 2 heterocycles. The van der Waals surface area contributed by atoms with E-state index in [1.165, 1.54) is 75.9 Å². The van der Waals surface area contributed by atoms with E-state index in [0.29, 0.717) is 0 Å². The Labute approximate surface area is 260 Å². The average Bonchev–Trinajstić information content (AvgIpc) is 3.48. The number of rotatable bonds is 4. The predicted octanol–water partition coefficient (Wildman–Crippen LogP) is 11.4. The van der Waals surface area contributed by atoms with Gasteiger partial charge in [-0.2, -0.15) is 0 Å². The van der Waals surface area contributed by atoms with Gasteiger partial charge in [0.2, 0.25) is 0 Å². The van der Waals surface area contributed by atoms with Gasteiger partial charge in [-0.15, -0.1) is 0 Å². The molecule has 208 valence electrons. The molecule has 0 radical (unpaired) electrons. The zero-order chi connectivity index (χ0) is 29.2. The Bertz CT molecular complexity index is 2340. The molecular weight excluding hydrogens is 553 g/mol. The molecule has 0 spiro atoms. The summed E-state index contributed by atoms with van der Waals surface area (Å²) in [5.74, 6) is 1.11. The maximum Gasteiger partial charge on any atom is 0.114 e. The Balaban J connectivity index is 1.32. The van der Waals surface area contributed by atoms with Crippen LogP contribution in [-0.4, -0.2) is 9.55 Å². The predicted molar refractivity (Wildman–Crippen MR) is 186 cm³/mol. The molecule has 1 aliphatic rings. The lowest BCUT2D eigenvalue weighted by Crippen LogP contribution is -2.06. The highest BCUT2D eigenvalue weighted by molar-refractivity contribution is 7.99. The molecule has 0 atom stereocenters. The van der Waals surface area contributed by atoms with E-state index in [4.69, 9.17) is 4.98 Å². The fourth-order valence-corrected chi connectivity index (χ4v) is 8.08. The molecule has 0 aliphatic carbocycles. The first kappa shape index (κ1) is 25.4. The standard InChI is InChI=1S/C41H28N2S/c1-2-38-42-34-20-11-21-37-41(34)43(38)35-25-29(22-23-36(35)44-37)40-32-18-8-6-16-30(32)39(31-17-7-9-19-33(31)40)28-15-10-14-27(24-28)26-12-4-3-5-13-26/h3-25H,2H2,1H3. The van der Waals surface area contributed by atoms with Gasteiger partial charge < -0.3 is 0 Å². The van der Waals surface area contributed by atoms with Gasteiger partial charge in [0.1, 0.15) is 5.82 Å². The SMILES string of the molecule is CCc1nc2cccc3c2n1-c1cc(-c2c4ccccc4c(-c4cccc(-c5ccccc5)c4)c4ccccc24)ccc1S3. The van der Waals surface area contributed by atoms with Crippen molar-refractivity contribution in [2.75, 3.05) is 0 Å². The van der Waals surface area contributed by atoms with Gasteiger partial charge >= 0.3 is 0 Å². The summed E-state index contributed by atoms with van der Waals surface area (Å²) >= 11 is 1.85. The largest absolute Gasteiger partial charge is 0.294 e. The van der Waals surface area contributed by atoms with Gasteiger partial charge in [0, 0.05) is 16.2 Å². The minimum Gasteiger partial charge on any atom is -0.294 e. The van der Waals surface area contributed by atoms with Gasteiger partial charge in [-0.1, -0.05) is 128 Å². The summed E-state index contributed by atoms with van der Waals surface area (Å²) in [6, 6.07) is 50.9. The first-order valence-electron chi connectivity index (χ1n) is 15.2. The molecule has 0 N–H and O–H groups in total. The zero-order valence-electron chi connectivity index (χ0n) is 24.3. The minimum atomic E-state index is 0.880. The normalized spacial score (nSPS) is 12.2.